The highest BCUT2D eigenvalue weighted by molar-refractivity contribution is 6.31. The van der Waals surface area contributed by atoms with Crippen LogP contribution in [-0.4, -0.2) is 22.4 Å². The number of rotatable bonds is 4. The summed E-state index contributed by atoms with van der Waals surface area (Å²) < 4.78 is 1.90. The maximum Gasteiger partial charge on any atom is 0.0814 e. The molecule has 2 rings (SSSR count). The Hall–Kier alpha value is -0.540. The largest absolute Gasteiger partial charge is 0.312 e. The number of aromatic nitrogens is 2. The molecule has 0 aromatic carbocycles. The van der Waals surface area contributed by atoms with Gasteiger partial charge in [-0.25, -0.2) is 0 Å². The third kappa shape index (κ3) is 2.45. The first kappa shape index (κ1) is 9.03. The van der Waals surface area contributed by atoms with E-state index in [0.29, 0.717) is 0 Å². The smallest absolute Gasteiger partial charge is 0.0814 e. The van der Waals surface area contributed by atoms with Gasteiger partial charge in [0.25, 0.3) is 0 Å². The molecule has 0 atom stereocenters. The molecule has 1 aromatic rings. The van der Waals surface area contributed by atoms with E-state index < -0.39 is 0 Å². The van der Waals surface area contributed by atoms with Crippen LogP contribution in [0.25, 0.3) is 0 Å². The zero-order valence-electron chi connectivity index (χ0n) is 7.76. The summed E-state index contributed by atoms with van der Waals surface area (Å²) in [6, 6.07) is 0.770. The molecule has 0 unspecified atom stereocenters. The van der Waals surface area contributed by atoms with Crippen LogP contribution in [0.1, 0.15) is 18.5 Å². The number of hydrogen-bond acceptors (Lipinski definition) is 2. The Kier molecular flexibility index (Phi) is 2.56. The zero-order chi connectivity index (χ0) is 9.26. The fourth-order valence-corrected chi connectivity index (χ4v) is 1.43. The van der Waals surface area contributed by atoms with Gasteiger partial charge in [-0.15, -0.1) is 0 Å². The molecule has 3 nitrogen and oxygen atoms in total. The van der Waals surface area contributed by atoms with E-state index in [9.17, 15) is 0 Å². The van der Waals surface area contributed by atoms with Gasteiger partial charge in [0.05, 0.1) is 17.3 Å². The molecular weight excluding hydrogens is 186 g/mol. The van der Waals surface area contributed by atoms with Crippen LogP contribution in [0.15, 0.2) is 6.20 Å². The molecule has 1 aliphatic carbocycles. The van der Waals surface area contributed by atoms with Gasteiger partial charge >= 0.3 is 0 Å². The van der Waals surface area contributed by atoms with Gasteiger partial charge in [0.1, 0.15) is 0 Å². The lowest BCUT2D eigenvalue weighted by Gasteiger charge is -2.01. The molecule has 72 valence electrons. The molecule has 0 bridgehead atoms. The molecule has 0 aliphatic heterocycles. The van der Waals surface area contributed by atoms with E-state index in [1.807, 2.05) is 17.8 Å². The van der Waals surface area contributed by atoms with Gasteiger partial charge in [-0.05, 0) is 19.8 Å². The lowest BCUT2D eigenvalue weighted by atomic mass is 10.5. The van der Waals surface area contributed by atoms with Crippen molar-refractivity contribution >= 4 is 11.6 Å². The van der Waals surface area contributed by atoms with E-state index in [0.717, 1.165) is 29.8 Å². The third-order valence-electron chi connectivity index (χ3n) is 2.24. The average molecular weight is 200 g/mol. The van der Waals surface area contributed by atoms with Gasteiger partial charge < -0.3 is 5.32 Å². The topological polar surface area (TPSA) is 29.9 Å². The molecule has 0 amide bonds. The Morgan fingerprint density at radius 3 is 3.00 bits per heavy atom. The SMILES string of the molecule is Cc1nn(CCNC2CC2)cc1Cl. The third-order valence-corrected chi connectivity index (χ3v) is 2.61. The number of nitrogens with one attached hydrogen (secondary N) is 1. The molecule has 1 saturated carbocycles. The molecule has 1 fully saturated rings. The van der Waals surface area contributed by atoms with Crippen molar-refractivity contribution in [1.82, 2.24) is 15.1 Å². The number of nitrogens with zero attached hydrogens (tertiary/aromatic N) is 2. The first-order chi connectivity index (χ1) is 6.25. The highest BCUT2D eigenvalue weighted by Gasteiger charge is 2.19. The molecule has 0 radical (unpaired) electrons. The van der Waals surface area contributed by atoms with Crippen molar-refractivity contribution in [3.8, 4) is 0 Å². The maximum absolute atomic E-state index is 5.88. The van der Waals surface area contributed by atoms with E-state index in [2.05, 4.69) is 10.4 Å². The highest BCUT2D eigenvalue weighted by atomic mass is 35.5. The fraction of sp³-hybridized carbons (Fsp3) is 0.667. The summed E-state index contributed by atoms with van der Waals surface area (Å²) in [5.74, 6) is 0. The summed E-state index contributed by atoms with van der Waals surface area (Å²) in [5, 5.41) is 8.46. The van der Waals surface area contributed by atoms with Gasteiger partial charge in [0, 0.05) is 18.8 Å². The number of hydrogen-bond donors (Lipinski definition) is 1. The van der Waals surface area contributed by atoms with Crippen molar-refractivity contribution < 1.29 is 0 Å². The molecule has 4 heteroatoms. The highest BCUT2D eigenvalue weighted by Crippen LogP contribution is 2.18. The normalized spacial score (nSPS) is 16.5. The summed E-state index contributed by atoms with van der Waals surface area (Å²) >= 11 is 5.88. The first-order valence-electron chi connectivity index (χ1n) is 4.68. The van der Waals surface area contributed by atoms with Crippen LogP contribution in [0.4, 0.5) is 0 Å². The Morgan fingerprint density at radius 1 is 1.69 bits per heavy atom. The number of halogens is 1. The summed E-state index contributed by atoms with van der Waals surface area (Å²) in [7, 11) is 0. The molecular formula is C9H14ClN3. The van der Waals surface area contributed by atoms with Crippen LogP contribution in [0.5, 0.6) is 0 Å². The first-order valence-corrected chi connectivity index (χ1v) is 5.06. The number of aryl methyl sites for hydroxylation is 1. The monoisotopic (exact) mass is 199 g/mol. The van der Waals surface area contributed by atoms with Crippen molar-refractivity contribution in [2.24, 2.45) is 0 Å². The zero-order valence-corrected chi connectivity index (χ0v) is 8.51. The summed E-state index contributed by atoms with van der Waals surface area (Å²) in [6.07, 6.45) is 4.54. The van der Waals surface area contributed by atoms with Crippen molar-refractivity contribution in [2.75, 3.05) is 6.54 Å². The summed E-state index contributed by atoms with van der Waals surface area (Å²) in [6.45, 7) is 3.82. The Morgan fingerprint density at radius 2 is 2.46 bits per heavy atom. The van der Waals surface area contributed by atoms with Gasteiger partial charge in [-0.2, -0.15) is 5.10 Å². The van der Waals surface area contributed by atoms with Crippen LogP contribution >= 0.6 is 11.6 Å². The van der Waals surface area contributed by atoms with Crippen LogP contribution < -0.4 is 5.32 Å². The standard InChI is InChI=1S/C9H14ClN3/c1-7-9(10)6-13(12-7)5-4-11-8-2-3-8/h6,8,11H,2-5H2,1H3. The molecule has 1 aromatic heterocycles. The summed E-state index contributed by atoms with van der Waals surface area (Å²) in [4.78, 5) is 0. The molecule has 1 heterocycles. The quantitative estimate of drug-likeness (QED) is 0.799. The van der Waals surface area contributed by atoms with Gasteiger partial charge in [0.15, 0.2) is 0 Å². The van der Waals surface area contributed by atoms with Gasteiger partial charge in [-0.3, -0.25) is 4.68 Å². The van der Waals surface area contributed by atoms with Crippen LogP contribution in [-0.2, 0) is 6.54 Å². The minimum Gasteiger partial charge on any atom is -0.312 e. The van der Waals surface area contributed by atoms with Crippen LogP contribution in [0, 0.1) is 6.92 Å². The Bertz CT molecular complexity index is 272. The van der Waals surface area contributed by atoms with Gasteiger partial charge in [0.2, 0.25) is 0 Å². The Balaban J connectivity index is 1.79. The fourth-order valence-electron chi connectivity index (χ4n) is 1.28. The molecule has 0 spiro atoms. The molecule has 1 aliphatic rings. The molecule has 13 heavy (non-hydrogen) atoms. The van der Waals surface area contributed by atoms with E-state index >= 15 is 0 Å². The lowest BCUT2D eigenvalue weighted by molar-refractivity contribution is 0.550. The van der Waals surface area contributed by atoms with E-state index in [1.54, 1.807) is 0 Å². The van der Waals surface area contributed by atoms with Crippen LogP contribution in [0.3, 0.4) is 0 Å². The van der Waals surface area contributed by atoms with Crippen LogP contribution in [0.2, 0.25) is 5.02 Å². The predicted molar refractivity (Wildman–Crippen MR) is 53.0 cm³/mol. The Labute approximate surface area is 83.1 Å². The lowest BCUT2D eigenvalue weighted by Crippen LogP contribution is -2.21. The average Bonchev–Trinajstić information content (AvgIpc) is 2.82. The molecule has 0 saturated heterocycles. The minimum absolute atomic E-state index is 0.756. The second kappa shape index (κ2) is 3.68. The molecule has 1 N–H and O–H groups in total. The predicted octanol–water partition coefficient (Wildman–Crippen LogP) is 1.60. The van der Waals surface area contributed by atoms with E-state index in [-0.39, 0.29) is 0 Å². The summed E-state index contributed by atoms with van der Waals surface area (Å²) in [5.41, 5.74) is 0.910. The van der Waals surface area contributed by atoms with Crippen molar-refractivity contribution in [2.45, 2.75) is 32.4 Å². The maximum atomic E-state index is 5.88. The van der Waals surface area contributed by atoms with Crippen molar-refractivity contribution in [3.05, 3.63) is 16.9 Å². The minimum atomic E-state index is 0.756. The second-order valence-electron chi connectivity index (χ2n) is 3.55. The van der Waals surface area contributed by atoms with Crippen molar-refractivity contribution in [1.29, 1.82) is 0 Å². The van der Waals surface area contributed by atoms with Crippen molar-refractivity contribution in [3.63, 3.8) is 0 Å². The second-order valence-corrected chi connectivity index (χ2v) is 3.96. The van der Waals surface area contributed by atoms with E-state index in [4.69, 9.17) is 11.6 Å². The van der Waals surface area contributed by atoms with Gasteiger partial charge in [-0.1, -0.05) is 11.6 Å². The van der Waals surface area contributed by atoms with E-state index in [1.165, 1.54) is 12.8 Å².